The number of amides is 1. The van der Waals surface area contributed by atoms with Crippen LogP contribution in [0.4, 0.5) is 0 Å². The van der Waals surface area contributed by atoms with E-state index >= 15 is 0 Å². The summed E-state index contributed by atoms with van der Waals surface area (Å²) in [7, 11) is -3.57. The summed E-state index contributed by atoms with van der Waals surface area (Å²) in [6.07, 6.45) is 0.0865. The standard InChI is InChI=1S/C17H20N2O3S/c1-14(15-8-4-2-5-9-15)19-17(20)12-13-18-23(21,22)16-10-6-3-7-11-16/h2-11,14,18H,12-13H2,1H3,(H,19,20)/t14-/m0/s1. The molecule has 0 unspecified atom stereocenters. The molecule has 0 aliphatic carbocycles. The van der Waals surface area contributed by atoms with Gasteiger partial charge in [0.1, 0.15) is 0 Å². The average Bonchev–Trinajstić information content (AvgIpc) is 2.56. The highest BCUT2D eigenvalue weighted by Gasteiger charge is 2.14. The van der Waals surface area contributed by atoms with Gasteiger partial charge in [-0.15, -0.1) is 0 Å². The van der Waals surface area contributed by atoms with Crippen LogP contribution < -0.4 is 10.0 Å². The highest BCUT2D eigenvalue weighted by molar-refractivity contribution is 7.89. The van der Waals surface area contributed by atoms with Crippen LogP contribution in [0.2, 0.25) is 0 Å². The van der Waals surface area contributed by atoms with Crippen LogP contribution >= 0.6 is 0 Å². The molecule has 0 aliphatic heterocycles. The monoisotopic (exact) mass is 332 g/mol. The molecular formula is C17H20N2O3S. The lowest BCUT2D eigenvalue weighted by atomic mass is 10.1. The SMILES string of the molecule is C[C@H](NC(=O)CCNS(=O)(=O)c1ccccc1)c1ccccc1. The smallest absolute Gasteiger partial charge is 0.240 e. The quantitative estimate of drug-likeness (QED) is 0.816. The number of benzene rings is 2. The van der Waals surface area contributed by atoms with Gasteiger partial charge in [0.25, 0.3) is 0 Å². The van der Waals surface area contributed by atoms with Crippen molar-refractivity contribution in [2.24, 2.45) is 0 Å². The Morgan fingerprint density at radius 3 is 2.17 bits per heavy atom. The third-order valence-corrected chi connectivity index (χ3v) is 4.85. The van der Waals surface area contributed by atoms with E-state index in [0.29, 0.717) is 0 Å². The highest BCUT2D eigenvalue weighted by atomic mass is 32.2. The largest absolute Gasteiger partial charge is 0.350 e. The summed E-state index contributed by atoms with van der Waals surface area (Å²) in [6.45, 7) is 1.95. The molecule has 0 saturated heterocycles. The van der Waals surface area contributed by atoms with Crippen LogP contribution in [-0.2, 0) is 14.8 Å². The summed E-state index contributed by atoms with van der Waals surface area (Å²) >= 11 is 0. The number of hydrogen-bond acceptors (Lipinski definition) is 3. The first-order valence-electron chi connectivity index (χ1n) is 7.38. The summed E-state index contributed by atoms with van der Waals surface area (Å²) in [5.74, 6) is -0.197. The van der Waals surface area contributed by atoms with E-state index in [-0.39, 0.29) is 29.8 Å². The first kappa shape index (κ1) is 17.2. The van der Waals surface area contributed by atoms with Gasteiger partial charge in [-0.05, 0) is 24.6 Å². The maximum Gasteiger partial charge on any atom is 0.240 e. The fraction of sp³-hybridized carbons (Fsp3) is 0.235. The number of sulfonamides is 1. The van der Waals surface area contributed by atoms with E-state index in [9.17, 15) is 13.2 Å². The molecule has 2 rings (SSSR count). The average molecular weight is 332 g/mol. The van der Waals surface area contributed by atoms with Crippen LogP contribution in [-0.4, -0.2) is 20.9 Å². The Balaban J connectivity index is 1.81. The van der Waals surface area contributed by atoms with Gasteiger partial charge >= 0.3 is 0 Å². The minimum absolute atomic E-state index is 0.0601. The van der Waals surface area contributed by atoms with Gasteiger partial charge in [-0.1, -0.05) is 48.5 Å². The van der Waals surface area contributed by atoms with E-state index in [0.717, 1.165) is 5.56 Å². The van der Waals surface area contributed by atoms with Crippen LogP contribution in [0, 0.1) is 0 Å². The Morgan fingerprint density at radius 1 is 1.00 bits per heavy atom. The number of carbonyl (C=O) groups excluding carboxylic acids is 1. The molecule has 0 aliphatic rings. The first-order chi connectivity index (χ1) is 11.0. The molecule has 0 spiro atoms. The maximum absolute atomic E-state index is 12.0. The predicted molar refractivity (Wildman–Crippen MR) is 89.2 cm³/mol. The maximum atomic E-state index is 12.0. The van der Waals surface area contributed by atoms with Crippen LogP contribution in [0.1, 0.15) is 24.9 Å². The molecule has 0 radical (unpaired) electrons. The van der Waals surface area contributed by atoms with Gasteiger partial charge in [-0.2, -0.15) is 0 Å². The van der Waals surface area contributed by atoms with Gasteiger partial charge < -0.3 is 5.32 Å². The molecule has 0 heterocycles. The third-order valence-electron chi connectivity index (χ3n) is 3.37. The molecule has 23 heavy (non-hydrogen) atoms. The molecule has 122 valence electrons. The van der Waals surface area contributed by atoms with Crippen molar-refractivity contribution in [1.82, 2.24) is 10.0 Å². The minimum Gasteiger partial charge on any atom is -0.350 e. The van der Waals surface area contributed by atoms with Crippen molar-refractivity contribution in [1.29, 1.82) is 0 Å². The van der Waals surface area contributed by atoms with Crippen LogP contribution in [0.5, 0.6) is 0 Å². The normalized spacial score (nSPS) is 12.6. The van der Waals surface area contributed by atoms with Crippen molar-refractivity contribution < 1.29 is 13.2 Å². The second-order valence-electron chi connectivity index (χ2n) is 5.16. The molecule has 0 fully saturated rings. The fourth-order valence-corrected chi connectivity index (χ4v) is 3.17. The van der Waals surface area contributed by atoms with Gasteiger partial charge in [0, 0.05) is 13.0 Å². The summed E-state index contributed by atoms with van der Waals surface area (Å²) < 4.78 is 26.5. The molecule has 0 saturated carbocycles. The summed E-state index contributed by atoms with van der Waals surface area (Å²) in [6, 6.07) is 17.6. The summed E-state index contributed by atoms with van der Waals surface area (Å²) in [4.78, 5) is 12.1. The number of rotatable bonds is 7. The molecule has 2 aromatic rings. The number of carbonyl (C=O) groups is 1. The molecule has 5 nitrogen and oxygen atoms in total. The molecule has 1 amide bonds. The Kier molecular flexibility index (Phi) is 5.90. The zero-order valence-corrected chi connectivity index (χ0v) is 13.7. The lowest BCUT2D eigenvalue weighted by molar-refractivity contribution is -0.121. The van der Waals surface area contributed by atoms with Gasteiger partial charge in [0.2, 0.25) is 15.9 Å². The predicted octanol–water partition coefficient (Wildman–Crippen LogP) is 2.23. The van der Waals surface area contributed by atoms with E-state index < -0.39 is 10.0 Å². The Morgan fingerprint density at radius 2 is 1.57 bits per heavy atom. The Hall–Kier alpha value is -2.18. The van der Waals surface area contributed by atoms with E-state index in [1.54, 1.807) is 18.2 Å². The van der Waals surface area contributed by atoms with Gasteiger partial charge in [-0.3, -0.25) is 4.79 Å². The molecule has 2 N–H and O–H groups in total. The molecular weight excluding hydrogens is 312 g/mol. The van der Waals surface area contributed by atoms with Gasteiger partial charge in [0.15, 0.2) is 0 Å². The Bertz CT molecular complexity index is 731. The molecule has 1 atom stereocenters. The van der Waals surface area contributed by atoms with E-state index in [1.807, 2.05) is 37.3 Å². The summed E-state index contributed by atoms with van der Waals surface area (Å²) in [5.41, 5.74) is 1.01. The number of hydrogen-bond donors (Lipinski definition) is 2. The van der Waals surface area contributed by atoms with Crippen LogP contribution in [0.15, 0.2) is 65.6 Å². The molecule has 6 heteroatoms. The fourth-order valence-electron chi connectivity index (χ4n) is 2.12. The van der Waals surface area contributed by atoms with Crippen molar-refractivity contribution >= 4 is 15.9 Å². The lowest BCUT2D eigenvalue weighted by Gasteiger charge is -2.14. The number of nitrogens with one attached hydrogen (secondary N) is 2. The zero-order valence-electron chi connectivity index (χ0n) is 12.9. The van der Waals surface area contributed by atoms with Gasteiger partial charge in [0.05, 0.1) is 10.9 Å². The highest BCUT2D eigenvalue weighted by Crippen LogP contribution is 2.11. The van der Waals surface area contributed by atoms with Crippen molar-refractivity contribution in [3.05, 3.63) is 66.2 Å². The molecule has 2 aromatic carbocycles. The topological polar surface area (TPSA) is 75.3 Å². The van der Waals surface area contributed by atoms with E-state index in [1.165, 1.54) is 12.1 Å². The second-order valence-corrected chi connectivity index (χ2v) is 6.93. The lowest BCUT2D eigenvalue weighted by Crippen LogP contribution is -2.32. The van der Waals surface area contributed by atoms with Crippen LogP contribution in [0.25, 0.3) is 0 Å². The van der Waals surface area contributed by atoms with Crippen LogP contribution in [0.3, 0.4) is 0 Å². The molecule has 0 bridgehead atoms. The van der Waals surface area contributed by atoms with Crippen molar-refractivity contribution in [3.8, 4) is 0 Å². The zero-order chi connectivity index (χ0) is 16.7. The van der Waals surface area contributed by atoms with Gasteiger partial charge in [-0.25, -0.2) is 13.1 Å². The summed E-state index contributed by atoms with van der Waals surface area (Å²) in [5, 5.41) is 2.85. The first-order valence-corrected chi connectivity index (χ1v) is 8.86. The van der Waals surface area contributed by atoms with Crippen molar-refractivity contribution in [3.63, 3.8) is 0 Å². The van der Waals surface area contributed by atoms with E-state index in [4.69, 9.17) is 0 Å². The van der Waals surface area contributed by atoms with Crippen molar-refractivity contribution in [2.45, 2.75) is 24.3 Å². The minimum atomic E-state index is -3.57. The van der Waals surface area contributed by atoms with E-state index in [2.05, 4.69) is 10.0 Å². The van der Waals surface area contributed by atoms with Crippen molar-refractivity contribution in [2.75, 3.05) is 6.54 Å². The molecule has 0 aromatic heterocycles. The second kappa shape index (κ2) is 7.89. The Labute approximate surface area is 136 Å². The third kappa shape index (κ3) is 5.19.